The standard InChI is InChI=1S/C16H10Cl2N2O2/c17-11-7-6-10(13(18)9-11)8-14-15(21)20(16(22)19-14)12-4-2-1-3-5-12/h1-9H,(H,19,22). The summed E-state index contributed by atoms with van der Waals surface area (Å²) in [5.41, 5.74) is 1.28. The molecular weight excluding hydrogens is 323 g/mol. The van der Waals surface area contributed by atoms with Gasteiger partial charge in [0, 0.05) is 10.0 Å². The van der Waals surface area contributed by atoms with E-state index in [-0.39, 0.29) is 5.70 Å². The molecule has 0 aromatic heterocycles. The normalized spacial score (nSPS) is 16.3. The Morgan fingerprint density at radius 3 is 2.41 bits per heavy atom. The zero-order valence-electron chi connectivity index (χ0n) is 11.2. The SMILES string of the molecule is O=C1NC(=Cc2ccc(Cl)cc2Cl)C(=O)N1c1ccccc1. The predicted octanol–water partition coefficient (Wildman–Crippen LogP) is 4.09. The number of carbonyl (C=O) groups is 2. The van der Waals surface area contributed by atoms with Crippen LogP contribution in [0.4, 0.5) is 10.5 Å². The van der Waals surface area contributed by atoms with Gasteiger partial charge in [-0.05, 0) is 35.9 Å². The van der Waals surface area contributed by atoms with Crippen molar-refractivity contribution in [2.75, 3.05) is 4.90 Å². The fraction of sp³-hybridized carbons (Fsp3) is 0. The molecule has 1 saturated heterocycles. The summed E-state index contributed by atoms with van der Waals surface area (Å²) in [6.45, 7) is 0. The van der Waals surface area contributed by atoms with E-state index in [9.17, 15) is 9.59 Å². The molecule has 0 unspecified atom stereocenters. The van der Waals surface area contributed by atoms with Crippen molar-refractivity contribution in [1.82, 2.24) is 5.32 Å². The number of nitrogens with zero attached hydrogens (tertiary/aromatic N) is 1. The molecule has 0 atom stereocenters. The van der Waals surface area contributed by atoms with E-state index in [4.69, 9.17) is 23.2 Å². The van der Waals surface area contributed by atoms with E-state index in [1.54, 1.807) is 42.5 Å². The van der Waals surface area contributed by atoms with Crippen LogP contribution in [-0.4, -0.2) is 11.9 Å². The molecule has 3 rings (SSSR count). The van der Waals surface area contributed by atoms with Crippen LogP contribution in [-0.2, 0) is 4.79 Å². The van der Waals surface area contributed by atoms with Gasteiger partial charge in [0.1, 0.15) is 5.70 Å². The van der Waals surface area contributed by atoms with Gasteiger partial charge in [-0.2, -0.15) is 0 Å². The van der Waals surface area contributed by atoms with Gasteiger partial charge in [0.2, 0.25) is 0 Å². The number of rotatable bonds is 2. The molecule has 0 bridgehead atoms. The molecule has 2 aromatic rings. The lowest BCUT2D eigenvalue weighted by atomic mass is 10.2. The average Bonchev–Trinajstić information content (AvgIpc) is 2.77. The number of imide groups is 1. The average molecular weight is 333 g/mol. The Morgan fingerprint density at radius 2 is 1.73 bits per heavy atom. The van der Waals surface area contributed by atoms with E-state index < -0.39 is 11.9 Å². The fourth-order valence-corrected chi connectivity index (χ4v) is 2.58. The summed E-state index contributed by atoms with van der Waals surface area (Å²) in [6.07, 6.45) is 1.53. The van der Waals surface area contributed by atoms with Crippen LogP contribution in [0.15, 0.2) is 54.2 Å². The molecule has 110 valence electrons. The van der Waals surface area contributed by atoms with Crippen LogP contribution in [0.2, 0.25) is 10.0 Å². The molecule has 0 spiro atoms. The zero-order valence-corrected chi connectivity index (χ0v) is 12.7. The van der Waals surface area contributed by atoms with Crippen LogP contribution in [0.5, 0.6) is 0 Å². The van der Waals surface area contributed by atoms with Crippen molar-refractivity contribution < 1.29 is 9.59 Å². The van der Waals surface area contributed by atoms with E-state index in [2.05, 4.69) is 5.32 Å². The minimum absolute atomic E-state index is 0.165. The summed E-state index contributed by atoms with van der Waals surface area (Å²) in [5, 5.41) is 3.45. The molecule has 1 fully saturated rings. The highest BCUT2D eigenvalue weighted by atomic mass is 35.5. The topological polar surface area (TPSA) is 49.4 Å². The molecule has 1 aliphatic heterocycles. The maximum Gasteiger partial charge on any atom is 0.333 e. The first-order chi connectivity index (χ1) is 10.6. The van der Waals surface area contributed by atoms with Gasteiger partial charge in [-0.1, -0.05) is 47.5 Å². The van der Waals surface area contributed by atoms with Crippen molar-refractivity contribution in [3.05, 3.63) is 69.8 Å². The molecule has 6 heteroatoms. The van der Waals surface area contributed by atoms with Crippen LogP contribution in [0.1, 0.15) is 5.56 Å². The molecular formula is C16H10Cl2N2O2. The number of anilines is 1. The molecule has 3 amide bonds. The van der Waals surface area contributed by atoms with Crippen LogP contribution >= 0.6 is 23.2 Å². The van der Waals surface area contributed by atoms with Gasteiger partial charge in [0.15, 0.2) is 0 Å². The van der Waals surface area contributed by atoms with Crippen LogP contribution < -0.4 is 10.2 Å². The highest BCUT2D eigenvalue weighted by molar-refractivity contribution is 6.36. The van der Waals surface area contributed by atoms with Gasteiger partial charge in [0.05, 0.1) is 5.69 Å². The summed E-state index contributed by atoms with van der Waals surface area (Å²) in [5.74, 6) is -0.429. The number of halogens is 2. The van der Waals surface area contributed by atoms with Gasteiger partial charge < -0.3 is 5.32 Å². The van der Waals surface area contributed by atoms with E-state index in [0.717, 1.165) is 4.90 Å². The summed E-state index contributed by atoms with van der Waals surface area (Å²) >= 11 is 11.9. The maximum absolute atomic E-state index is 12.4. The van der Waals surface area contributed by atoms with Gasteiger partial charge >= 0.3 is 6.03 Å². The Morgan fingerprint density at radius 1 is 1.00 bits per heavy atom. The van der Waals surface area contributed by atoms with Crippen molar-refractivity contribution in [2.24, 2.45) is 0 Å². The lowest BCUT2D eigenvalue weighted by molar-refractivity contribution is -0.113. The quantitative estimate of drug-likeness (QED) is 0.665. The molecule has 1 N–H and O–H groups in total. The molecule has 1 heterocycles. The van der Waals surface area contributed by atoms with Crippen LogP contribution in [0.3, 0.4) is 0 Å². The third-order valence-corrected chi connectivity index (χ3v) is 3.72. The smallest absolute Gasteiger partial charge is 0.302 e. The number of para-hydroxylation sites is 1. The molecule has 0 saturated carbocycles. The second-order valence-electron chi connectivity index (χ2n) is 4.63. The monoisotopic (exact) mass is 332 g/mol. The largest absolute Gasteiger partial charge is 0.333 e. The maximum atomic E-state index is 12.4. The summed E-state index contributed by atoms with van der Waals surface area (Å²) in [7, 11) is 0. The Balaban J connectivity index is 1.96. The number of nitrogens with one attached hydrogen (secondary N) is 1. The predicted molar refractivity (Wildman–Crippen MR) is 86.9 cm³/mol. The van der Waals surface area contributed by atoms with E-state index in [1.807, 2.05) is 6.07 Å². The molecule has 4 nitrogen and oxygen atoms in total. The lowest BCUT2D eigenvalue weighted by Gasteiger charge is -2.10. The third kappa shape index (κ3) is 2.71. The zero-order chi connectivity index (χ0) is 15.7. The van der Waals surface area contributed by atoms with Crippen LogP contribution in [0.25, 0.3) is 6.08 Å². The minimum atomic E-state index is -0.493. The number of amides is 3. The van der Waals surface area contributed by atoms with Crippen molar-refractivity contribution >= 4 is 46.9 Å². The second kappa shape index (κ2) is 5.83. The third-order valence-electron chi connectivity index (χ3n) is 3.15. The Labute approximate surface area is 136 Å². The highest BCUT2D eigenvalue weighted by Crippen LogP contribution is 2.26. The number of carbonyl (C=O) groups excluding carboxylic acids is 2. The number of benzene rings is 2. The molecule has 1 aliphatic rings. The van der Waals surface area contributed by atoms with Crippen molar-refractivity contribution in [1.29, 1.82) is 0 Å². The Kier molecular flexibility index (Phi) is 3.88. The van der Waals surface area contributed by atoms with E-state index >= 15 is 0 Å². The minimum Gasteiger partial charge on any atom is -0.302 e. The molecule has 22 heavy (non-hydrogen) atoms. The first-order valence-corrected chi connectivity index (χ1v) is 7.19. The first kappa shape index (κ1) is 14.6. The molecule has 0 aliphatic carbocycles. The summed E-state index contributed by atoms with van der Waals surface area (Å²) in [4.78, 5) is 25.5. The molecule has 2 aromatic carbocycles. The van der Waals surface area contributed by atoms with E-state index in [1.165, 1.54) is 6.08 Å². The summed E-state index contributed by atoms with van der Waals surface area (Å²) < 4.78 is 0. The second-order valence-corrected chi connectivity index (χ2v) is 5.47. The summed E-state index contributed by atoms with van der Waals surface area (Å²) in [6, 6.07) is 13.1. The van der Waals surface area contributed by atoms with E-state index in [0.29, 0.717) is 21.3 Å². The van der Waals surface area contributed by atoms with Gasteiger partial charge in [-0.25, -0.2) is 9.69 Å². The number of hydrogen-bond acceptors (Lipinski definition) is 2. The fourth-order valence-electron chi connectivity index (χ4n) is 2.12. The van der Waals surface area contributed by atoms with Gasteiger partial charge in [0.25, 0.3) is 5.91 Å². The van der Waals surface area contributed by atoms with Gasteiger partial charge in [-0.3, -0.25) is 4.79 Å². The highest BCUT2D eigenvalue weighted by Gasteiger charge is 2.34. The first-order valence-electron chi connectivity index (χ1n) is 6.43. The van der Waals surface area contributed by atoms with Crippen LogP contribution in [0, 0.1) is 0 Å². The number of hydrogen-bond donors (Lipinski definition) is 1. The molecule has 0 radical (unpaired) electrons. The van der Waals surface area contributed by atoms with Crippen molar-refractivity contribution in [3.8, 4) is 0 Å². The van der Waals surface area contributed by atoms with Gasteiger partial charge in [-0.15, -0.1) is 0 Å². The Hall–Kier alpha value is -2.30. The van der Waals surface area contributed by atoms with Crippen molar-refractivity contribution in [2.45, 2.75) is 0 Å². The Bertz CT molecular complexity index is 788. The van der Waals surface area contributed by atoms with Crippen molar-refractivity contribution in [3.63, 3.8) is 0 Å². The number of urea groups is 1. The lowest BCUT2D eigenvalue weighted by Crippen LogP contribution is -2.30.